The number of para-hydroxylation sites is 1. The van der Waals surface area contributed by atoms with Crippen LogP contribution in [0.3, 0.4) is 0 Å². The van der Waals surface area contributed by atoms with Crippen LogP contribution in [0, 0.1) is 0 Å². The number of benzene rings is 2. The van der Waals surface area contributed by atoms with Crippen molar-refractivity contribution in [3.8, 4) is 17.2 Å². The van der Waals surface area contributed by atoms with E-state index in [2.05, 4.69) is 17.4 Å². The van der Waals surface area contributed by atoms with Gasteiger partial charge in [0.05, 0.1) is 33.1 Å². The summed E-state index contributed by atoms with van der Waals surface area (Å²) in [5.74, 6) is 2.38. The molecule has 4 nitrogen and oxygen atoms in total. The van der Waals surface area contributed by atoms with Gasteiger partial charge in [-0.05, 0) is 35.7 Å². The zero-order chi connectivity index (χ0) is 14.8. The van der Waals surface area contributed by atoms with E-state index in [9.17, 15) is 0 Å². The molecular weight excluding hydrogens is 266 g/mol. The highest BCUT2D eigenvalue weighted by molar-refractivity contribution is 5.67. The largest absolute Gasteiger partial charge is 0.495 e. The molecule has 0 bridgehead atoms. The number of fused-ring (bicyclic) bond motifs is 1. The van der Waals surface area contributed by atoms with Crippen molar-refractivity contribution in [1.82, 2.24) is 0 Å². The van der Waals surface area contributed by atoms with Crippen LogP contribution in [0.25, 0.3) is 0 Å². The van der Waals surface area contributed by atoms with Crippen molar-refractivity contribution in [3.05, 3.63) is 47.5 Å². The Morgan fingerprint density at radius 2 is 1.67 bits per heavy atom. The maximum atomic E-state index is 5.42. The fraction of sp³-hybridized carbons (Fsp3) is 0.294. The first-order valence-electron chi connectivity index (χ1n) is 6.91. The molecule has 0 amide bonds. The van der Waals surface area contributed by atoms with Gasteiger partial charge in [-0.25, -0.2) is 0 Å². The molecule has 0 spiro atoms. The molecule has 0 saturated carbocycles. The quantitative estimate of drug-likeness (QED) is 0.934. The fourth-order valence-corrected chi connectivity index (χ4v) is 2.80. The summed E-state index contributed by atoms with van der Waals surface area (Å²) < 4.78 is 16.1. The lowest BCUT2D eigenvalue weighted by molar-refractivity contribution is 0.354. The minimum absolute atomic E-state index is 0.219. The summed E-state index contributed by atoms with van der Waals surface area (Å²) in [6, 6.07) is 12.4. The van der Waals surface area contributed by atoms with Crippen LogP contribution in [0.1, 0.15) is 17.2 Å². The smallest absolute Gasteiger partial charge is 0.161 e. The topological polar surface area (TPSA) is 39.7 Å². The van der Waals surface area contributed by atoms with E-state index in [4.69, 9.17) is 14.2 Å². The standard InChI is InChI=1S/C17H19NO3/c1-19-14-8-7-11(10-16(14)21-3)13-9-12-5-4-6-15(20-2)17(12)18-13/h4-8,10,13,18H,9H2,1-3H3. The Bertz CT molecular complexity index is 654. The number of ether oxygens (including phenoxy) is 3. The van der Waals surface area contributed by atoms with Gasteiger partial charge in [-0.3, -0.25) is 0 Å². The molecule has 1 atom stereocenters. The summed E-state index contributed by atoms with van der Waals surface area (Å²) in [7, 11) is 4.99. The maximum Gasteiger partial charge on any atom is 0.161 e. The zero-order valence-corrected chi connectivity index (χ0v) is 12.5. The van der Waals surface area contributed by atoms with E-state index >= 15 is 0 Å². The number of hydrogen-bond donors (Lipinski definition) is 1. The Kier molecular flexibility index (Phi) is 3.60. The molecule has 1 aliphatic heterocycles. The lowest BCUT2D eigenvalue weighted by atomic mass is 10.0. The first-order chi connectivity index (χ1) is 10.3. The highest BCUT2D eigenvalue weighted by Gasteiger charge is 2.25. The van der Waals surface area contributed by atoms with E-state index in [0.717, 1.165) is 29.4 Å². The van der Waals surface area contributed by atoms with Gasteiger partial charge in [-0.15, -0.1) is 0 Å². The van der Waals surface area contributed by atoms with Gasteiger partial charge in [0.1, 0.15) is 5.75 Å². The second kappa shape index (κ2) is 5.56. The summed E-state index contributed by atoms with van der Waals surface area (Å²) >= 11 is 0. The van der Waals surface area contributed by atoms with E-state index < -0.39 is 0 Å². The molecule has 2 aromatic rings. The molecule has 21 heavy (non-hydrogen) atoms. The van der Waals surface area contributed by atoms with E-state index in [1.54, 1.807) is 21.3 Å². The molecule has 1 unspecified atom stereocenters. The van der Waals surface area contributed by atoms with Crippen molar-refractivity contribution in [3.63, 3.8) is 0 Å². The molecule has 0 aromatic heterocycles. The second-order valence-corrected chi connectivity index (χ2v) is 5.01. The molecule has 1 N–H and O–H groups in total. The molecule has 0 fully saturated rings. The van der Waals surface area contributed by atoms with Crippen LogP contribution in [0.5, 0.6) is 17.2 Å². The van der Waals surface area contributed by atoms with Gasteiger partial charge in [-0.2, -0.15) is 0 Å². The molecule has 1 aliphatic rings. The van der Waals surface area contributed by atoms with Gasteiger partial charge in [-0.1, -0.05) is 18.2 Å². The third-order valence-corrected chi connectivity index (χ3v) is 3.89. The van der Waals surface area contributed by atoms with E-state index in [1.807, 2.05) is 24.3 Å². The minimum atomic E-state index is 0.219. The lowest BCUT2D eigenvalue weighted by Crippen LogP contribution is -2.06. The van der Waals surface area contributed by atoms with Gasteiger partial charge < -0.3 is 19.5 Å². The SMILES string of the molecule is COc1ccc(C2Cc3cccc(OC)c3N2)cc1OC. The normalized spacial score (nSPS) is 16.0. The van der Waals surface area contributed by atoms with Gasteiger partial charge in [0.2, 0.25) is 0 Å². The Morgan fingerprint density at radius 1 is 0.905 bits per heavy atom. The minimum Gasteiger partial charge on any atom is -0.495 e. The third-order valence-electron chi connectivity index (χ3n) is 3.89. The summed E-state index contributed by atoms with van der Waals surface area (Å²) in [5.41, 5.74) is 3.53. The monoisotopic (exact) mass is 285 g/mol. The summed E-state index contributed by atoms with van der Waals surface area (Å²) in [4.78, 5) is 0. The van der Waals surface area contributed by atoms with Crippen LogP contribution >= 0.6 is 0 Å². The molecule has 4 heteroatoms. The maximum absolute atomic E-state index is 5.42. The van der Waals surface area contributed by atoms with E-state index in [1.165, 1.54) is 11.1 Å². The average Bonchev–Trinajstić information content (AvgIpc) is 2.98. The van der Waals surface area contributed by atoms with Crippen LogP contribution in [0.4, 0.5) is 5.69 Å². The van der Waals surface area contributed by atoms with Crippen molar-refractivity contribution in [2.45, 2.75) is 12.5 Å². The molecular formula is C17H19NO3. The van der Waals surface area contributed by atoms with Crippen LogP contribution in [-0.4, -0.2) is 21.3 Å². The fourth-order valence-electron chi connectivity index (χ4n) is 2.80. The van der Waals surface area contributed by atoms with Crippen molar-refractivity contribution >= 4 is 5.69 Å². The molecule has 3 rings (SSSR count). The summed E-state index contributed by atoms with van der Waals surface area (Å²) in [6.07, 6.45) is 0.933. The van der Waals surface area contributed by atoms with Gasteiger partial charge in [0.15, 0.2) is 11.5 Å². The van der Waals surface area contributed by atoms with Crippen molar-refractivity contribution < 1.29 is 14.2 Å². The van der Waals surface area contributed by atoms with Crippen LogP contribution < -0.4 is 19.5 Å². The highest BCUT2D eigenvalue weighted by atomic mass is 16.5. The first kappa shape index (κ1) is 13.6. The Morgan fingerprint density at radius 3 is 2.38 bits per heavy atom. The predicted octanol–water partition coefficient (Wildman–Crippen LogP) is 3.42. The molecule has 2 aromatic carbocycles. The van der Waals surface area contributed by atoms with Crippen LogP contribution in [0.15, 0.2) is 36.4 Å². The van der Waals surface area contributed by atoms with Crippen molar-refractivity contribution in [1.29, 1.82) is 0 Å². The number of hydrogen-bond acceptors (Lipinski definition) is 4. The van der Waals surface area contributed by atoms with E-state index in [0.29, 0.717) is 0 Å². The molecule has 0 radical (unpaired) electrons. The Balaban J connectivity index is 1.91. The number of methoxy groups -OCH3 is 3. The summed E-state index contributed by atoms with van der Waals surface area (Å²) in [5, 5.41) is 3.54. The molecule has 1 heterocycles. The van der Waals surface area contributed by atoms with Crippen LogP contribution in [0.2, 0.25) is 0 Å². The van der Waals surface area contributed by atoms with Crippen molar-refractivity contribution in [2.24, 2.45) is 0 Å². The number of anilines is 1. The molecule has 0 aliphatic carbocycles. The number of nitrogens with one attached hydrogen (secondary N) is 1. The molecule has 110 valence electrons. The molecule has 0 saturated heterocycles. The zero-order valence-electron chi connectivity index (χ0n) is 12.5. The second-order valence-electron chi connectivity index (χ2n) is 5.01. The lowest BCUT2D eigenvalue weighted by Gasteiger charge is -2.15. The van der Waals surface area contributed by atoms with Crippen LogP contribution in [-0.2, 0) is 6.42 Å². The van der Waals surface area contributed by atoms with Crippen molar-refractivity contribution in [2.75, 3.05) is 26.6 Å². The van der Waals surface area contributed by atoms with Gasteiger partial charge in [0, 0.05) is 0 Å². The average molecular weight is 285 g/mol. The Hall–Kier alpha value is -2.36. The Labute approximate surface area is 124 Å². The first-order valence-corrected chi connectivity index (χ1v) is 6.91. The predicted molar refractivity (Wildman–Crippen MR) is 82.6 cm³/mol. The number of rotatable bonds is 4. The summed E-state index contributed by atoms with van der Waals surface area (Å²) in [6.45, 7) is 0. The van der Waals surface area contributed by atoms with E-state index in [-0.39, 0.29) is 6.04 Å². The van der Waals surface area contributed by atoms with Gasteiger partial charge in [0.25, 0.3) is 0 Å². The third kappa shape index (κ3) is 2.37. The highest BCUT2D eigenvalue weighted by Crippen LogP contribution is 2.41. The van der Waals surface area contributed by atoms with Gasteiger partial charge >= 0.3 is 0 Å².